The first-order valence-electron chi connectivity index (χ1n) is 10.4. The maximum absolute atomic E-state index is 13.1. The van der Waals surface area contributed by atoms with Crippen molar-refractivity contribution in [1.82, 2.24) is 19.8 Å². The lowest BCUT2D eigenvalue weighted by Crippen LogP contribution is -2.38. The fraction of sp³-hybridized carbons (Fsp3) is 0.750. The zero-order valence-corrected chi connectivity index (χ0v) is 16.2. The van der Waals surface area contributed by atoms with E-state index in [0.29, 0.717) is 24.0 Å². The van der Waals surface area contributed by atoms with Crippen molar-refractivity contribution < 1.29 is 14.3 Å². The second kappa shape index (κ2) is 8.00. The number of likely N-dealkylation sites (tertiary alicyclic amines) is 1. The molecule has 2 fully saturated rings. The van der Waals surface area contributed by atoms with Crippen LogP contribution in [-0.4, -0.2) is 58.6 Å². The maximum atomic E-state index is 13.1. The van der Waals surface area contributed by atoms with Crippen LogP contribution in [0.25, 0.3) is 0 Å². The Labute approximate surface area is 160 Å². The molecule has 27 heavy (non-hydrogen) atoms. The number of fused-ring (bicyclic) bond motifs is 1. The van der Waals surface area contributed by atoms with Gasteiger partial charge in [-0.25, -0.2) is 4.98 Å². The van der Waals surface area contributed by atoms with E-state index in [9.17, 15) is 9.59 Å². The Kier molecular flexibility index (Phi) is 5.48. The summed E-state index contributed by atoms with van der Waals surface area (Å²) in [5.74, 6) is 0.853. The number of nitrogens with one attached hydrogen (secondary N) is 1. The van der Waals surface area contributed by atoms with Gasteiger partial charge >= 0.3 is 0 Å². The average Bonchev–Trinajstić information content (AvgIpc) is 3.34. The normalized spacial score (nSPS) is 23.3. The van der Waals surface area contributed by atoms with E-state index in [0.717, 1.165) is 76.9 Å². The molecule has 4 rings (SSSR count). The number of hydrogen-bond donors (Lipinski definition) is 1. The van der Waals surface area contributed by atoms with Gasteiger partial charge in [-0.1, -0.05) is 6.92 Å². The highest BCUT2D eigenvalue weighted by Crippen LogP contribution is 2.24. The minimum absolute atomic E-state index is 0.00859. The molecule has 1 atom stereocenters. The molecule has 4 heterocycles. The molecule has 1 aromatic heterocycles. The molecule has 2 saturated heterocycles. The molecular formula is C20H30N4O3. The van der Waals surface area contributed by atoms with E-state index in [1.54, 1.807) is 0 Å². The fourth-order valence-electron chi connectivity index (χ4n) is 4.34. The summed E-state index contributed by atoms with van der Waals surface area (Å²) in [4.78, 5) is 32.3. The predicted molar refractivity (Wildman–Crippen MR) is 101 cm³/mol. The molecule has 0 spiro atoms. The van der Waals surface area contributed by atoms with Gasteiger partial charge in [0.2, 0.25) is 0 Å². The van der Waals surface area contributed by atoms with Crippen molar-refractivity contribution in [2.45, 2.75) is 64.5 Å². The van der Waals surface area contributed by atoms with Gasteiger partial charge in [0.1, 0.15) is 5.69 Å². The number of aromatic nitrogens is 2. The van der Waals surface area contributed by atoms with Crippen LogP contribution in [0.2, 0.25) is 0 Å². The first kappa shape index (κ1) is 18.5. The van der Waals surface area contributed by atoms with E-state index < -0.39 is 0 Å². The van der Waals surface area contributed by atoms with Gasteiger partial charge in [-0.3, -0.25) is 9.59 Å². The summed E-state index contributed by atoms with van der Waals surface area (Å²) >= 11 is 0. The van der Waals surface area contributed by atoms with Crippen LogP contribution in [0.15, 0.2) is 0 Å². The van der Waals surface area contributed by atoms with Crippen LogP contribution in [0, 0.1) is 5.92 Å². The molecule has 7 nitrogen and oxygen atoms in total. The van der Waals surface area contributed by atoms with E-state index >= 15 is 0 Å². The second-order valence-electron chi connectivity index (χ2n) is 8.16. The fourth-order valence-corrected chi connectivity index (χ4v) is 4.34. The molecule has 1 N–H and O–H groups in total. The number of rotatable bonds is 4. The minimum atomic E-state index is -0.194. The molecule has 0 bridgehead atoms. The molecule has 148 valence electrons. The van der Waals surface area contributed by atoms with Gasteiger partial charge in [-0.15, -0.1) is 0 Å². The Bertz CT molecular complexity index is 700. The molecule has 2 amide bonds. The van der Waals surface area contributed by atoms with Gasteiger partial charge in [0.05, 0.1) is 11.8 Å². The third-order valence-electron chi connectivity index (χ3n) is 6.11. The first-order valence-corrected chi connectivity index (χ1v) is 10.4. The topological polar surface area (TPSA) is 76.5 Å². The number of nitrogens with zero attached hydrogens (tertiary/aromatic N) is 3. The van der Waals surface area contributed by atoms with Gasteiger partial charge in [-0.05, 0) is 50.9 Å². The van der Waals surface area contributed by atoms with E-state index in [1.165, 1.54) is 0 Å². The monoisotopic (exact) mass is 374 g/mol. The second-order valence-corrected chi connectivity index (χ2v) is 8.16. The van der Waals surface area contributed by atoms with E-state index in [-0.39, 0.29) is 17.9 Å². The number of amides is 2. The van der Waals surface area contributed by atoms with Crippen molar-refractivity contribution in [3.63, 3.8) is 0 Å². The van der Waals surface area contributed by atoms with Crippen molar-refractivity contribution in [3.05, 3.63) is 17.2 Å². The number of piperidine rings is 1. The average molecular weight is 374 g/mol. The van der Waals surface area contributed by atoms with Crippen LogP contribution >= 0.6 is 0 Å². The highest BCUT2D eigenvalue weighted by molar-refractivity contribution is 5.97. The van der Waals surface area contributed by atoms with Crippen LogP contribution in [0.3, 0.4) is 0 Å². The van der Waals surface area contributed by atoms with Gasteiger partial charge in [0.25, 0.3) is 11.8 Å². The van der Waals surface area contributed by atoms with Crippen molar-refractivity contribution >= 4 is 11.8 Å². The summed E-state index contributed by atoms with van der Waals surface area (Å²) in [5, 5.41) is 2.96. The van der Waals surface area contributed by atoms with E-state index in [1.807, 2.05) is 9.47 Å². The van der Waals surface area contributed by atoms with Gasteiger partial charge < -0.3 is 19.5 Å². The summed E-state index contributed by atoms with van der Waals surface area (Å²) in [6, 6.07) is 0. The van der Waals surface area contributed by atoms with Crippen molar-refractivity contribution in [2.24, 2.45) is 5.92 Å². The largest absolute Gasteiger partial charge is 0.376 e. The number of imidazole rings is 1. The van der Waals surface area contributed by atoms with Crippen molar-refractivity contribution in [1.29, 1.82) is 0 Å². The SMILES string of the molecule is CC1CCN(C(=O)c2nc(C(=O)NCC3CCCO3)n3c2CCCC3)CC1. The Hall–Kier alpha value is -1.89. The smallest absolute Gasteiger partial charge is 0.287 e. The predicted octanol–water partition coefficient (Wildman–Crippen LogP) is 2.00. The van der Waals surface area contributed by atoms with Gasteiger partial charge in [0.15, 0.2) is 5.82 Å². The zero-order chi connectivity index (χ0) is 18.8. The highest BCUT2D eigenvalue weighted by Gasteiger charge is 2.31. The Morgan fingerprint density at radius 3 is 2.70 bits per heavy atom. The van der Waals surface area contributed by atoms with Crippen LogP contribution in [-0.2, 0) is 17.7 Å². The molecule has 1 aromatic rings. The summed E-state index contributed by atoms with van der Waals surface area (Å²) in [5.41, 5.74) is 1.43. The standard InChI is InChI=1S/C20H30N4O3/c1-14-7-10-23(11-8-14)20(26)17-16-6-2-3-9-24(16)18(22-17)19(25)21-13-15-5-4-12-27-15/h14-15H,2-13H2,1H3,(H,21,25). The Morgan fingerprint density at radius 1 is 1.15 bits per heavy atom. The number of carbonyl (C=O) groups excluding carboxylic acids is 2. The van der Waals surface area contributed by atoms with Crippen molar-refractivity contribution in [2.75, 3.05) is 26.2 Å². The number of carbonyl (C=O) groups is 2. The third-order valence-corrected chi connectivity index (χ3v) is 6.11. The summed E-state index contributed by atoms with van der Waals surface area (Å²) < 4.78 is 7.55. The van der Waals surface area contributed by atoms with Crippen LogP contribution in [0.1, 0.15) is 72.3 Å². The van der Waals surface area contributed by atoms with Crippen LogP contribution in [0.4, 0.5) is 0 Å². The molecule has 1 unspecified atom stereocenters. The Morgan fingerprint density at radius 2 is 1.96 bits per heavy atom. The molecule has 7 heteroatoms. The molecule has 0 saturated carbocycles. The lowest BCUT2D eigenvalue weighted by molar-refractivity contribution is 0.0690. The van der Waals surface area contributed by atoms with Gasteiger partial charge in [-0.2, -0.15) is 0 Å². The summed E-state index contributed by atoms with van der Waals surface area (Å²) in [6.07, 6.45) is 7.08. The van der Waals surface area contributed by atoms with Crippen LogP contribution in [0.5, 0.6) is 0 Å². The zero-order valence-electron chi connectivity index (χ0n) is 16.2. The quantitative estimate of drug-likeness (QED) is 0.875. The van der Waals surface area contributed by atoms with Gasteiger partial charge in [0, 0.05) is 32.8 Å². The molecule has 3 aliphatic rings. The Balaban J connectivity index is 1.52. The molecule has 0 radical (unpaired) electrons. The highest BCUT2D eigenvalue weighted by atomic mass is 16.5. The maximum Gasteiger partial charge on any atom is 0.287 e. The van der Waals surface area contributed by atoms with Crippen molar-refractivity contribution in [3.8, 4) is 0 Å². The molecular weight excluding hydrogens is 344 g/mol. The summed E-state index contributed by atoms with van der Waals surface area (Å²) in [6.45, 7) is 5.84. The number of ether oxygens (including phenoxy) is 1. The lowest BCUT2D eigenvalue weighted by atomic mass is 9.98. The first-order chi connectivity index (χ1) is 13.1. The summed E-state index contributed by atoms with van der Waals surface area (Å²) in [7, 11) is 0. The molecule has 0 aromatic carbocycles. The molecule has 3 aliphatic heterocycles. The third kappa shape index (κ3) is 3.88. The minimum Gasteiger partial charge on any atom is -0.376 e. The number of hydrogen-bond acceptors (Lipinski definition) is 4. The van der Waals surface area contributed by atoms with E-state index in [2.05, 4.69) is 17.2 Å². The lowest BCUT2D eigenvalue weighted by Gasteiger charge is -2.30. The van der Waals surface area contributed by atoms with E-state index in [4.69, 9.17) is 4.74 Å². The molecule has 0 aliphatic carbocycles. The van der Waals surface area contributed by atoms with Crippen LogP contribution < -0.4 is 5.32 Å².